The lowest BCUT2D eigenvalue weighted by atomic mass is 10.0. The fourth-order valence-corrected chi connectivity index (χ4v) is 5.59. The summed E-state index contributed by atoms with van der Waals surface area (Å²) in [5, 5.41) is 5.14. The number of hydrogen-bond acceptors (Lipinski definition) is 1. The van der Waals surface area contributed by atoms with E-state index in [-0.39, 0.29) is 0 Å². The standard InChI is InChI=1S/C35H26N2/c1-36-33-22-20-30(24-32(33)35-31-18-9-8-13-26(31)19-21-34(35)36)37(28-15-6-3-7-16-28)29-17-10-14-27(23-29)25-11-4-2-5-12-25/h2-24H,1H3. The van der Waals surface area contributed by atoms with Crippen LogP contribution in [0.2, 0.25) is 0 Å². The summed E-state index contributed by atoms with van der Waals surface area (Å²) in [7, 11) is 2.16. The summed E-state index contributed by atoms with van der Waals surface area (Å²) in [5.74, 6) is 0. The third kappa shape index (κ3) is 3.57. The number of aryl methyl sites for hydroxylation is 1. The normalized spacial score (nSPS) is 11.4. The summed E-state index contributed by atoms with van der Waals surface area (Å²) in [5.41, 5.74) is 8.33. The summed E-state index contributed by atoms with van der Waals surface area (Å²) >= 11 is 0. The van der Waals surface area contributed by atoms with Gasteiger partial charge in [0.05, 0.1) is 0 Å². The van der Waals surface area contributed by atoms with Crippen molar-refractivity contribution < 1.29 is 0 Å². The molecule has 0 aliphatic carbocycles. The van der Waals surface area contributed by atoms with Gasteiger partial charge >= 0.3 is 0 Å². The molecule has 0 bridgehead atoms. The third-order valence-corrected chi connectivity index (χ3v) is 7.36. The molecule has 0 unspecified atom stereocenters. The van der Waals surface area contributed by atoms with Crippen LogP contribution < -0.4 is 4.90 Å². The van der Waals surface area contributed by atoms with Crippen LogP contribution in [0.25, 0.3) is 43.7 Å². The van der Waals surface area contributed by atoms with Crippen molar-refractivity contribution in [2.45, 2.75) is 0 Å². The highest BCUT2D eigenvalue weighted by Crippen LogP contribution is 2.41. The topological polar surface area (TPSA) is 8.17 Å². The minimum absolute atomic E-state index is 1.14. The monoisotopic (exact) mass is 474 g/mol. The Morgan fingerprint density at radius 1 is 0.459 bits per heavy atom. The van der Waals surface area contributed by atoms with Crippen molar-refractivity contribution >= 4 is 49.6 Å². The maximum Gasteiger partial charge on any atom is 0.0495 e. The highest BCUT2D eigenvalue weighted by molar-refractivity contribution is 6.21. The molecule has 0 aliphatic rings. The first-order valence-corrected chi connectivity index (χ1v) is 12.7. The average Bonchev–Trinajstić information content (AvgIpc) is 3.26. The molecule has 0 atom stereocenters. The molecule has 2 nitrogen and oxygen atoms in total. The lowest BCUT2D eigenvalue weighted by Crippen LogP contribution is -2.09. The third-order valence-electron chi connectivity index (χ3n) is 7.36. The van der Waals surface area contributed by atoms with E-state index in [2.05, 4.69) is 156 Å². The van der Waals surface area contributed by atoms with Gasteiger partial charge in [0.2, 0.25) is 0 Å². The van der Waals surface area contributed by atoms with Crippen molar-refractivity contribution in [1.82, 2.24) is 4.57 Å². The molecule has 2 heteroatoms. The van der Waals surface area contributed by atoms with Crippen LogP contribution >= 0.6 is 0 Å². The van der Waals surface area contributed by atoms with E-state index in [1.807, 2.05) is 0 Å². The molecular weight excluding hydrogens is 448 g/mol. The first-order valence-electron chi connectivity index (χ1n) is 12.7. The lowest BCUT2D eigenvalue weighted by molar-refractivity contribution is 1.01. The fourth-order valence-electron chi connectivity index (χ4n) is 5.59. The highest BCUT2D eigenvalue weighted by Gasteiger charge is 2.17. The Bertz CT molecular complexity index is 1880. The second kappa shape index (κ2) is 8.69. The van der Waals surface area contributed by atoms with Gasteiger partial charge in [-0.25, -0.2) is 0 Å². The average molecular weight is 475 g/mol. The molecule has 176 valence electrons. The molecule has 0 amide bonds. The molecular formula is C35H26N2. The van der Waals surface area contributed by atoms with Gasteiger partial charge in [-0.15, -0.1) is 0 Å². The Morgan fingerprint density at radius 3 is 1.95 bits per heavy atom. The van der Waals surface area contributed by atoms with Gasteiger partial charge in [0.25, 0.3) is 0 Å². The van der Waals surface area contributed by atoms with Gasteiger partial charge < -0.3 is 9.47 Å². The first kappa shape index (κ1) is 21.5. The Balaban J connectivity index is 1.48. The molecule has 1 aromatic heterocycles. The van der Waals surface area contributed by atoms with E-state index in [0.717, 1.165) is 17.1 Å². The number of aromatic nitrogens is 1. The second-order valence-electron chi connectivity index (χ2n) is 9.53. The summed E-state index contributed by atoms with van der Waals surface area (Å²) in [6.45, 7) is 0. The molecule has 7 aromatic rings. The molecule has 0 fully saturated rings. The van der Waals surface area contributed by atoms with Gasteiger partial charge in [-0.3, -0.25) is 0 Å². The van der Waals surface area contributed by atoms with Crippen LogP contribution in [0.1, 0.15) is 0 Å². The van der Waals surface area contributed by atoms with Crippen molar-refractivity contribution in [3.63, 3.8) is 0 Å². The van der Waals surface area contributed by atoms with Gasteiger partial charge in [-0.2, -0.15) is 0 Å². The molecule has 6 aromatic carbocycles. The Labute approximate surface area is 216 Å². The minimum Gasteiger partial charge on any atom is -0.344 e. The van der Waals surface area contributed by atoms with Crippen LogP contribution in [0.5, 0.6) is 0 Å². The zero-order valence-corrected chi connectivity index (χ0v) is 20.7. The number of benzene rings is 6. The smallest absolute Gasteiger partial charge is 0.0495 e. The molecule has 0 saturated heterocycles. The molecule has 0 N–H and O–H groups in total. The predicted molar refractivity (Wildman–Crippen MR) is 158 cm³/mol. The van der Waals surface area contributed by atoms with Crippen LogP contribution in [-0.2, 0) is 7.05 Å². The fraction of sp³-hybridized carbons (Fsp3) is 0.0286. The number of rotatable bonds is 4. The van der Waals surface area contributed by atoms with Crippen LogP contribution in [0.3, 0.4) is 0 Å². The first-order chi connectivity index (χ1) is 18.3. The molecule has 0 radical (unpaired) electrons. The molecule has 0 aliphatic heterocycles. The number of anilines is 3. The van der Waals surface area contributed by atoms with Crippen molar-refractivity contribution in [2.24, 2.45) is 7.05 Å². The maximum atomic E-state index is 2.36. The second-order valence-corrected chi connectivity index (χ2v) is 9.53. The summed E-state index contributed by atoms with van der Waals surface area (Å²) < 4.78 is 2.31. The van der Waals surface area contributed by atoms with Crippen molar-refractivity contribution in [3.8, 4) is 11.1 Å². The number of para-hydroxylation sites is 1. The largest absolute Gasteiger partial charge is 0.344 e. The summed E-state index contributed by atoms with van der Waals surface area (Å²) in [4.78, 5) is 2.36. The molecule has 1 heterocycles. The summed E-state index contributed by atoms with van der Waals surface area (Å²) in [6.07, 6.45) is 0. The van der Waals surface area contributed by atoms with E-state index < -0.39 is 0 Å². The van der Waals surface area contributed by atoms with Crippen LogP contribution in [0.4, 0.5) is 17.1 Å². The molecule has 0 spiro atoms. The predicted octanol–water partition coefficient (Wildman–Crippen LogP) is 9.62. The van der Waals surface area contributed by atoms with Crippen molar-refractivity contribution in [3.05, 3.63) is 140 Å². The highest BCUT2D eigenvalue weighted by atomic mass is 15.1. The van der Waals surface area contributed by atoms with Gasteiger partial charge in [0, 0.05) is 45.9 Å². The quantitative estimate of drug-likeness (QED) is 0.246. The van der Waals surface area contributed by atoms with Crippen LogP contribution in [0, 0.1) is 0 Å². The van der Waals surface area contributed by atoms with Gasteiger partial charge in [-0.1, -0.05) is 91.0 Å². The Hall–Kier alpha value is -4.82. The van der Waals surface area contributed by atoms with Crippen molar-refractivity contribution in [1.29, 1.82) is 0 Å². The minimum atomic E-state index is 1.14. The molecule has 7 rings (SSSR count). The van der Waals surface area contributed by atoms with E-state index in [1.54, 1.807) is 0 Å². The van der Waals surface area contributed by atoms with Gasteiger partial charge in [0.15, 0.2) is 0 Å². The van der Waals surface area contributed by atoms with Crippen molar-refractivity contribution in [2.75, 3.05) is 4.90 Å². The van der Waals surface area contributed by atoms with E-state index in [9.17, 15) is 0 Å². The van der Waals surface area contributed by atoms with Gasteiger partial charge in [0.1, 0.15) is 0 Å². The zero-order valence-electron chi connectivity index (χ0n) is 20.7. The van der Waals surface area contributed by atoms with E-state index in [0.29, 0.717) is 0 Å². The van der Waals surface area contributed by atoms with Gasteiger partial charge in [-0.05, 0) is 70.4 Å². The summed E-state index contributed by atoms with van der Waals surface area (Å²) in [6, 6.07) is 50.0. The Morgan fingerprint density at radius 2 is 1.11 bits per heavy atom. The maximum absolute atomic E-state index is 2.36. The number of nitrogens with zero attached hydrogens (tertiary/aromatic N) is 2. The van der Waals surface area contributed by atoms with E-state index in [4.69, 9.17) is 0 Å². The van der Waals surface area contributed by atoms with E-state index >= 15 is 0 Å². The molecule has 0 saturated carbocycles. The number of hydrogen-bond donors (Lipinski definition) is 0. The Kier molecular flexibility index (Phi) is 5.04. The lowest BCUT2D eigenvalue weighted by Gasteiger charge is -2.26. The SMILES string of the molecule is Cn1c2ccc(N(c3ccccc3)c3cccc(-c4ccccc4)c3)cc2c2c3ccccc3ccc21. The number of fused-ring (bicyclic) bond motifs is 5. The van der Waals surface area contributed by atoms with E-state index in [1.165, 1.54) is 43.7 Å². The van der Waals surface area contributed by atoms with Crippen LogP contribution in [-0.4, -0.2) is 4.57 Å². The van der Waals surface area contributed by atoms with Crippen LogP contribution in [0.15, 0.2) is 140 Å². The molecule has 37 heavy (non-hydrogen) atoms. The zero-order chi connectivity index (χ0) is 24.8.